The molecule has 0 aromatic carbocycles. The topological polar surface area (TPSA) is 94.5 Å². The van der Waals surface area contributed by atoms with Crippen molar-refractivity contribution >= 4 is 13.6 Å². The lowest BCUT2D eigenvalue weighted by molar-refractivity contribution is -0.138. The quantitative estimate of drug-likeness (QED) is 0.501. The van der Waals surface area contributed by atoms with Crippen LogP contribution in [-0.2, 0) is 14.5 Å². The highest BCUT2D eigenvalue weighted by molar-refractivity contribution is 7.51. The van der Waals surface area contributed by atoms with Gasteiger partial charge >= 0.3 is 13.6 Å². The van der Waals surface area contributed by atoms with E-state index in [0.717, 1.165) is 0 Å². The summed E-state index contributed by atoms with van der Waals surface area (Å²) in [4.78, 5) is 25.4. The van der Waals surface area contributed by atoms with E-state index in [4.69, 9.17) is 9.79 Å². The van der Waals surface area contributed by atoms with Crippen LogP contribution in [0.2, 0.25) is 0 Å². The second-order valence-electron chi connectivity index (χ2n) is 2.05. The standard InChI is InChI=1S/C4H5O2.C2H7O3P/c1-3(2)4(5)6;1-2-6(3,4)5/h1H2,2H3;2H2,1H3,(H2,3,4,5). The zero-order chi connectivity index (χ0) is 10.4. The Morgan fingerprint density at radius 3 is 1.67 bits per heavy atom. The lowest BCUT2D eigenvalue weighted by Crippen LogP contribution is -1.89. The smallest absolute Gasteiger partial charge is 0.324 e. The minimum atomic E-state index is -3.65. The third kappa shape index (κ3) is 16.2. The van der Waals surface area contributed by atoms with Gasteiger partial charge in [0, 0.05) is 11.7 Å². The Morgan fingerprint density at radius 2 is 1.67 bits per heavy atom. The number of carbonyl (C=O) groups is 1. The van der Waals surface area contributed by atoms with E-state index in [1.807, 2.05) is 0 Å². The Morgan fingerprint density at radius 1 is 1.50 bits per heavy atom. The molecule has 0 aliphatic carbocycles. The molecule has 0 aromatic rings. The molecule has 0 bridgehead atoms. The fraction of sp³-hybridized carbons (Fsp3) is 0.500. The maximum atomic E-state index is 9.69. The molecule has 2 N–H and O–H groups in total. The predicted octanol–water partition coefficient (Wildman–Crippen LogP) is 0.704. The molecule has 1 radical (unpaired) electrons. The molecule has 6 heteroatoms. The molecule has 5 nitrogen and oxygen atoms in total. The average Bonchev–Trinajstić information content (AvgIpc) is 1.87. The maximum Gasteiger partial charge on any atom is 0.381 e. The van der Waals surface area contributed by atoms with Crippen LogP contribution < -0.4 is 0 Å². The Balaban J connectivity index is 0. The molecule has 0 aromatic heterocycles. The van der Waals surface area contributed by atoms with E-state index in [1.165, 1.54) is 13.8 Å². The molecule has 71 valence electrons. The average molecular weight is 195 g/mol. The van der Waals surface area contributed by atoms with Gasteiger partial charge in [0.1, 0.15) is 0 Å². The van der Waals surface area contributed by atoms with Gasteiger partial charge in [0.05, 0.1) is 0 Å². The molecule has 0 atom stereocenters. The summed E-state index contributed by atoms with van der Waals surface area (Å²) in [5, 5.41) is 9.49. The molecule has 0 unspecified atom stereocenters. The Hall–Kier alpha value is -0.640. The second kappa shape index (κ2) is 5.94. The Bertz CT molecular complexity index is 192. The van der Waals surface area contributed by atoms with Crippen molar-refractivity contribution < 1.29 is 24.3 Å². The second-order valence-corrected chi connectivity index (χ2v) is 4.01. The molecular formula is C6H12O5P. The molecular weight excluding hydrogens is 183 g/mol. The summed E-state index contributed by atoms with van der Waals surface area (Å²) in [6, 6.07) is 0. The van der Waals surface area contributed by atoms with Crippen molar-refractivity contribution in [2.75, 3.05) is 6.16 Å². The first-order chi connectivity index (χ1) is 5.20. The maximum absolute atomic E-state index is 9.69. The number of hydrogen-bond donors (Lipinski definition) is 2. The summed E-state index contributed by atoms with van der Waals surface area (Å²) in [6.45, 7) is 5.92. The molecule has 12 heavy (non-hydrogen) atoms. The first-order valence-corrected chi connectivity index (χ1v) is 4.92. The zero-order valence-corrected chi connectivity index (χ0v) is 7.88. The first-order valence-electron chi connectivity index (χ1n) is 3.12. The molecule has 0 saturated carbocycles. The van der Waals surface area contributed by atoms with Gasteiger partial charge in [0.2, 0.25) is 0 Å². The van der Waals surface area contributed by atoms with Crippen LogP contribution >= 0.6 is 7.60 Å². The van der Waals surface area contributed by atoms with Crippen LogP contribution in [0, 0.1) is 0 Å². The van der Waals surface area contributed by atoms with Crippen molar-refractivity contribution in [1.82, 2.24) is 0 Å². The zero-order valence-electron chi connectivity index (χ0n) is 6.98. The van der Waals surface area contributed by atoms with Gasteiger partial charge in [-0.2, -0.15) is 0 Å². The van der Waals surface area contributed by atoms with Crippen molar-refractivity contribution in [2.45, 2.75) is 13.8 Å². The van der Waals surface area contributed by atoms with E-state index >= 15 is 0 Å². The molecule has 0 heterocycles. The first kappa shape index (κ1) is 13.9. The SMILES string of the molecule is C=C(C)C([O])=O.CCP(=O)(O)O. The van der Waals surface area contributed by atoms with Crippen molar-refractivity contribution in [3.63, 3.8) is 0 Å². The normalized spacial score (nSPS) is 9.67. The predicted molar refractivity (Wildman–Crippen MR) is 43.1 cm³/mol. The summed E-state index contributed by atoms with van der Waals surface area (Å²) >= 11 is 0. The number of rotatable bonds is 2. The number of carbonyl (C=O) groups excluding carboxylic acids is 1. The van der Waals surface area contributed by atoms with E-state index < -0.39 is 13.6 Å². The third-order valence-electron chi connectivity index (χ3n) is 0.760. The van der Waals surface area contributed by atoms with Crippen LogP contribution in [0.4, 0.5) is 0 Å². The largest absolute Gasteiger partial charge is 0.381 e. The van der Waals surface area contributed by atoms with Gasteiger partial charge in [-0.25, -0.2) is 9.90 Å². The van der Waals surface area contributed by atoms with Gasteiger partial charge in [0.25, 0.3) is 0 Å². The van der Waals surface area contributed by atoms with Crippen LogP contribution in [0.25, 0.3) is 0 Å². The fourth-order valence-corrected chi connectivity index (χ4v) is 0. The number of hydrogen-bond acceptors (Lipinski definition) is 2. The van der Waals surface area contributed by atoms with Crippen LogP contribution in [0.15, 0.2) is 12.2 Å². The Labute approximate surface area is 70.9 Å². The van der Waals surface area contributed by atoms with Crippen molar-refractivity contribution in [2.24, 2.45) is 0 Å². The summed E-state index contributed by atoms with van der Waals surface area (Å²) < 4.78 is 9.69. The van der Waals surface area contributed by atoms with Gasteiger partial charge in [0.15, 0.2) is 0 Å². The van der Waals surface area contributed by atoms with Crippen molar-refractivity contribution in [3.8, 4) is 0 Å². The van der Waals surface area contributed by atoms with Crippen LogP contribution in [0.5, 0.6) is 0 Å². The molecule has 0 fully saturated rings. The minimum Gasteiger partial charge on any atom is -0.324 e. The molecule has 0 aliphatic rings. The monoisotopic (exact) mass is 195 g/mol. The van der Waals surface area contributed by atoms with Crippen LogP contribution in [0.3, 0.4) is 0 Å². The van der Waals surface area contributed by atoms with Crippen LogP contribution in [-0.4, -0.2) is 21.9 Å². The van der Waals surface area contributed by atoms with E-state index in [1.54, 1.807) is 0 Å². The Kier molecular flexibility index (Phi) is 6.89. The summed E-state index contributed by atoms with van der Waals surface area (Å²) in [6.07, 6.45) is -0.0625. The molecule has 0 amide bonds. The molecule has 0 rings (SSSR count). The van der Waals surface area contributed by atoms with E-state index in [0.29, 0.717) is 0 Å². The van der Waals surface area contributed by atoms with E-state index in [2.05, 4.69) is 6.58 Å². The van der Waals surface area contributed by atoms with Gasteiger partial charge in [-0.05, 0) is 6.92 Å². The lowest BCUT2D eigenvalue weighted by Gasteiger charge is -1.92. The lowest BCUT2D eigenvalue weighted by atomic mass is 10.4. The van der Waals surface area contributed by atoms with Gasteiger partial charge in [-0.3, -0.25) is 4.57 Å². The summed E-state index contributed by atoms with van der Waals surface area (Å²) in [5.74, 6) is -1.19. The van der Waals surface area contributed by atoms with Crippen LogP contribution in [0.1, 0.15) is 13.8 Å². The van der Waals surface area contributed by atoms with Gasteiger partial charge in [-0.15, -0.1) is 0 Å². The highest BCUT2D eigenvalue weighted by Crippen LogP contribution is 2.32. The van der Waals surface area contributed by atoms with Gasteiger partial charge in [-0.1, -0.05) is 13.5 Å². The van der Waals surface area contributed by atoms with E-state index in [-0.39, 0.29) is 11.7 Å². The van der Waals surface area contributed by atoms with Gasteiger partial charge < -0.3 is 9.79 Å². The van der Waals surface area contributed by atoms with E-state index in [9.17, 15) is 14.5 Å². The summed E-state index contributed by atoms with van der Waals surface area (Å²) in [7, 11) is -3.65. The van der Waals surface area contributed by atoms with Crippen molar-refractivity contribution in [3.05, 3.63) is 12.2 Å². The highest BCUT2D eigenvalue weighted by Gasteiger charge is 2.05. The molecule has 0 saturated heterocycles. The fourth-order valence-electron chi connectivity index (χ4n) is 0. The minimum absolute atomic E-state index is 0.0625. The molecule has 0 spiro atoms. The molecule has 0 aliphatic heterocycles. The highest BCUT2D eigenvalue weighted by atomic mass is 31.2. The summed E-state index contributed by atoms with van der Waals surface area (Å²) in [5.41, 5.74) is 0.0648. The van der Waals surface area contributed by atoms with Crippen molar-refractivity contribution in [1.29, 1.82) is 0 Å². The third-order valence-corrected chi connectivity index (χ3v) is 1.58.